The van der Waals surface area contributed by atoms with Crippen molar-refractivity contribution in [1.29, 1.82) is 0 Å². The highest BCUT2D eigenvalue weighted by Crippen LogP contribution is 2.15. The van der Waals surface area contributed by atoms with Crippen LogP contribution in [0.4, 0.5) is 4.39 Å². The Hall–Kier alpha value is -0.540. The summed E-state index contributed by atoms with van der Waals surface area (Å²) in [5, 5.41) is 3.23. The van der Waals surface area contributed by atoms with Gasteiger partial charge < -0.3 is 5.32 Å². The Bertz CT molecular complexity index is 317. The quantitative estimate of drug-likeness (QED) is 0.715. The first-order valence-electron chi connectivity index (χ1n) is 6.23. The van der Waals surface area contributed by atoms with E-state index in [-0.39, 0.29) is 5.82 Å². The Balaban J connectivity index is 2.47. The van der Waals surface area contributed by atoms with Gasteiger partial charge in [0.2, 0.25) is 0 Å². The molecule has 0 aliphatic carbocycles. The van der Waals surface area contributed by atoms with Crippen molar-refractivity contribution in [3.63, 3.8) is 0 Å². The topological polar surface area (TPSA) is 12.0 Å². The highest BCUT2D eigenvalue weighted by Gasteiger charge is 2.09. The summed E-state index contributed by atoms with van der Waals surface area (Å²) in [6.45, 7) is 3.19. The molecular formula is C14H22FNS. The third kappa shape index (κ3) is 6.08. The van der Waals surface area contributed by atoms with Gasteiger partial charge in [-0.15, -0.1) is 0 Å². The molecular weight excluding hydrogens is 233 g/mol. The zero-order valence-corrected chi connectivity index (χ0v) is 11.5. The van der Waals surface area contributed by atoms with Gasteiger partial charge in [0, 0.05) is 0 Å². The first-order chi connectivity index (χ1) is 8.26. The van der Waals surface area contributed by atoms with Crippen molar-refractivity contribution in [2.75, 3.05) is 25.1 Å². The summed E-state index contributed by atoms with van der Waals surface area (Å²) in [6, 6.07) is 6.96. The van der Waals surface area contributed by atoms with Gasteiger partial charge in [-0.25, -0.2) is 4.39 Å². The van der Waals surface area contributed by atoms with Crippen LogP contribution >= 0.6 is 11.8 Å². The summed E-state index contributed by atoms with van der Waals surface area (Å²) in [4.78, 5) is 0. The van der Waals surface area contributed by atoms with Crippen LogP contribution in [0.5, 0.6) is 0 Å². The van der Waals surface area contributed by atoms with E-state index in [1.165, 1.54) is 24.0 Å². The average Bonchev–Trinajstić information content (AvgIpc) is 2.29. The van der Waals surface area contributed by atoms with Crippen LogP contribution in [-0.2, 0) is 6.42 Å². The number of benzene rings is 1. The third-order valence-corrected chi connectivity index (χ3v) is 3.71. The molecule has 0 bridgehead atoms. The molecule has 0 aliphatic heterocycles. The van der Waals surface area contributed by atoms with E-state index in [0.29, 0.717) is 5.92 Å². The molecule has 3 heteroatoms. The molecule has 1 N–H and O–H groups in total. The predicted octanol–water partition coefficient (Wildman–Crippen LogP) is 3.35. The van der Waals surface area contributed by atoms with Crippen LogP contribution in [0.3, 0.4) is 0 Å². The zero-order valence-electron chi connectivity index (χ0n) is 10.7. The van der Waals surface area contributed by atoms with Gasteiger partial charge in [0.1, 0.15) is 5.82 Å². The Morgan fingerprint density at radius 3 is 2.88 bits per heavy atom. The Labute approximate surface area is 108 Å². The average molecular weight is 255 g/mol. The Kier molecular flexibility index (Phi) is 7.29. The van der Waals surface area contributed by atoms with Crippen LogP contribution in [0.25, 0.3) is 0 Å². The third-order valence-electron chi connectivity index (χ3n) is 2.78. The maximum absolute atomic E-state index is 13.1. The molecule has 0 heterocycles. The molecule has 1 nitrogen and oxygen atoms in total. The van der Waals surface area contributed by atoms with Gasteiger partial charge in [-0.2, -0.15) is 11.8 Å². The standard InChI is InChI=1S/C14H22FNS/c1-3-17-8-7-13(11-16-2)9-12-5-4-6-14(15)10-12/h4-6,10,13,16H,3,7-9,11H2,1-2H3. The minimum Gasteiger partial charge on any atom is -0.319 e. The molecule has 0 fully saturated rings. The summed E-state index contributed by atoms with van der Waals surface area (Å²) in [5.41, 5.74) is 1.10. The molecule has 0 saturated heterocycles. The van der Waals surface area contributed by atoms with Crippen LogP contribution in [-0.4, -0.2) is 25.1 Å². The van der Waals surface area contributed by atoms with Crippen LogP contribution < -0.4 is 5.32 Å². The lowest BCUT2D eigenvalue weighted by atomic mass is 9.97. The molecule has 0 aliphatic rings. The fourth-order valence-corrected chi connectivity index (χ4v) is 2.75. The van der Waals surface area contributed by atoms with Crippen molar-refractivity contribution < 1.29 is 4.39 Å². The van der Waals surface area contributed by atoms with Crippen LogP contribution in [0.2, 0.25) is 0 Å². The van der Waals surface area contributed by atoms with Crippen molar-refractivity contribution in [3.05, 3.63) is 35.6 Å². The van der Waals surface area contributed by atoms with Crippen molar-refractivity contribution in [2.45, 2.75) is 19.8 Å². The van der Waals surface area contributed by atoms with E-state index in [1.54, 1.807) is 12.1 Å². The lowest BCUT2D eigenvalue weighted by Gasteiger charge is -2.16. The largest absolute Gasteiger partial charge is 0.319 e. The van der Waals surface area contributed by atoms with Crippen molar-refractivity contribution in [3.8, 4) is 0 Å². The highest BCUT2D eigenvalue weighted by molar-refractivity contribution is 7.99. The number of halogens is 1. The normalized spacial score (nSPS) is 12.6. The lowest BCUT2D eigenvalue weighted by Crippen LogP contribution is -2.21. The summed E-state index contributed by atoms with van der Waals surface area (Å²) in [7, 11) is 1.98. The lowest BCUT2D eigenvalue weighted by molar-refractivity contribution is 0.483. The van der Waals surface area contributed by atoms with E-state index in [1.807, 2.05) is 24.9 Å². The number of hydrogen-bond donors (Lipinski definition) is 1. The van der Waals surface area contributed by atoms with Crippen molar-refractivity contribution in [1.82, 2.24) is 5.32 Å². The van der Waals surface area contributed by atoms with E-state index in [2.05, 4.69) is 12.2 Å². The maximum Gasteiger partial charge on any atom is 0.123 e. The van der Waals surface area contributed by atoms with E-state index in [4.69, 9.17) is 0 Å². The second kappa shape index (κ2) is 8.54. The second-order valence-electron chi connectivity index (χ2n) is 4.24. The second-order valence-corrected chi connectivity index (χ2v) is 5.64. The highest BCUT2D eigenvalue weighted by atomic mass is 32.2. The molecule has 0 amide bonds. The van der Waals surface area contributed by atoms with Crippen LogP contribution in [0.1, 0.15) is 18.9 Å². The fraction of sp³-hybridized carbons (Fsp3) is 0.571. The molecule has 0 aromatic heterocycles. The zero-order chi connectivity index (χ0) is 12.5. The molecule has 1 aromatic carbocycles. The first kappa shape index (κ1) is 14.5. The molecule has 0 saturated carbocycles. The molecule has 17 heavy (non-hydrogen) atoms. The van der Waals surface area contributed by atoms with Gasteiger partial charge in [-0.1, -0.05) is 19.1 Å². The van der Waals surface area contributed by atoms with Gasteiger partial charge in [-0.05, 0) is 61.6 Å². The maximum atomic E-state index is 13.1. The number of hydrogen-bond acceptors (Lipinski definition) is 2. The van der Waals surface area contributed by atoms with E-state index in [0.717, 1.165) is 18.5 Å². The predicted molar refractivity (Wildman–Crippen MR) is 75.1 cm³/mol. The molecule has 96 valence electrons. The molecule has 1 unspecified atom stereocenters. The van der Waals surface area contributed by atoms with E-state index in [9.17, 15) is 4.39 Å². The van der Waals surface area contributed by atoms with Crippen molar-refractivity contribution in [2.24, 2.45) is 5.92 Å². The SMILES string of the molecule is CCSCCC(CNC)Cc1cccc(F)c1. The minimum atomic E-state index is -0.131. The smallest absolute Gasteiger partial charge is 0.123 e. The van der Waals surface area contributed by atoms with Gasteiger partial charge >= 0.3 is 0 Å². The number of rotatable bonds is 8. The first-order valence-corrected chi connectivity index (χ1v) is 7.38. The molecule has 1 rings (SSSR count). The summed E-state index contributed by atoms with van der Waals surface area (Å²) < 4.78 is 13.1. The summed E-state index contributed by atoms with van der Waals surface area (Å²) in [5.74, 6) is 2.83. The number of nitrogens with one attached hydrogen (secondary N) is 1. The molecule has 0 radical (unpaired) electrons. The number of thioether (sulfide) groups is 1. The van der Waals surface area contributed by atoms with E-state index < -0.39 is 0 Å². The minimum absolute atomic E-state index is 0.131. The fourth-order valence-electron chi connectivity index (χ4n) is 1.96. The Morgan fingerprint density at radius 1 is 1.41 bits per heavy atom. The summed E-state index contributed by atoms with van der Waals surface area (Å²) in [6.07, 6.45) is 2.15. The van der Waals surface area contributed by atoms with Crippen molar-refractivity contribution >= 4 is 11.8 Å². The Morgan fingerprint density at radius 2 is 2.24 bits per heavy atom. The van der Waals surface area contributed by atoms with Gasteiger partial charge in [0.25, 0.3) is 0 Å². The van der Waals surface area contributed by atoms with Gasteiger partial charge in [0.05, 0.1) is 0 Å². The van der Waals surface area contributed by atoms with Crippen LogP contribution in [0, 0.1) is 11.7 Å². The summed E-state index contributed by atoms with van der Waals surface area (Å²) >= 11 is 1.97. The molecule has 1 aromatic rings. The van der Waals surface area contributed by atoms with Gasteiger partial charge in [-0.3, -0.25) is 0 Å². The van der Waals surface area contributed by atoms with Crippen LogP contribution in [0.15, 0.2) is 24.3 Å². The molecule has 1 atom stereocenters. The van der Waals surface area contributed by atoms with E-state index >= 15 is 0 Å². The van der Waals surface area contributed by atoms with Gasteiger partial charge in [0.15, 0.2) is 0 Å². The molecule has 0 spiro atoms. The monoisotopic (exact) mass is 255 g/mol.